The normalized spacial score (nSPS) is 13.1. The molecule has 0 N–H and O–H groups in total. The molecule has 0 unspecified atom stereocenters. The Labute approximate surface area is 344 Å². The molecule has 4 heterocycles. The van der Waals surface area contributed by atoms with Crippen LogP contribution in [-0.2, 0) is 12.8 Å². The Balaban J connectivity index is 1.25. The van der Waals surface area contributed by atoms with Crippen molar-refractivity contribution in [2.45, 2.75) is 26.7 Å². The molecule has 9 aromatic rings. The molecule has 0 atom stereocenters. The average molecular weight is 762 g/mol. The van der Waals surface area contributed by atoms with E-state index in [1.54, 1.807) is 0 Å². The van der Waals surface area contributed by atoms with Gasteiger partial charge in [-0.15, -0.1) is 0 Å². The predicted octanol–water partition coefficient (Wildman–Crippen LogP) is 13.4. The van der Waals surface area contributed by atoms with Crippen molar-refractivity contribution in [1.29, 1.82) is 0 Å². The van der Waals surface area contributed by atoms with E-state index < -0.39 is 0 Å². The molecule has 5 heteroatoms. The molecule has 4 aromatic heterocycles. The zero-order chi connectivity index (χ0) is 40.0. The summed E-state index contributed by atoms with van der Waals surface area (Å²) < 4.78 is 7.07. The fourth-order valence-corrected chi connectivity index (χ4v) is 9.09. The van der Waals surface area contributed by atoms with E-state index in [9.17, 15) is 0 Å². The highest BCUT2D eigenvalue weighted by molar-refractivity contribution is 6.01. The Bertz CT molecular complexity index is 3200. The van der Waals surface area contributed by atoms with E-state index in [1.807, 2.05) is 24.3 Å². The maximum Gasteiger partial charge on any atom is 0.235 e. The summed E-state index contributed by atoms with van der Waals surface area (Å²) in [5.74, 6) is 0.614. The largest absolute Gasteiger partial charge is 0.310 e. The van der Waals surface area contributed by atoms with Crippen molar-refractivity contribution < 1.29 is 0 Å². The van der Waals surface area contributed by atoms with Gasteiger partial charge in [-0.05, 0) is 91.9 Å². The molecule has 10 rings (SSSR count). The molecule has 0 saturated heterocycles. The first kappa shape index (κ1) is 35.9. The SMILES string of the molecule is C=C/C=C\c1c(C)c2ccccc2n1C(/C=C(\C=C)c1cc(-c2ccccc2)nc(-n2c3c(c4ccccc42)CCc2c-3n(-c3ccccc3)c3ccccc23)n1)=C/C. The minimum absolute atomic E-state index is 0.614. The third-order valence-electron chi connectivity index (χ3n) is 11.7. The standard InChI is InChI=1S/C54H43N5/c1-5-8-28-48-36(4)41-25-15-18-29-49(41)57(48)39(7-3)34-37(6-2)46-35-47(38-21-11-9-12-22-38)56-54(55-46)59-51-31-20-17-27-43(51)45-33-32-44-42-26-16-19-30-50(42)58(52(44)53(45)59)40-23-13-10-14-24-40/h5-31,34-35H,1-2,32-33H2,3-4H3/b28-8-,37-34+,39-7+. The smallest absolute Gasteiger partial charge is 0.235 e. The second kappa shape index (κ2) is 14.8. The molecule has 5 nitrogen and oxygen atoms in total. The number of para-hydroxylation sites is 4. The Morgan fingerprint density at radius 1 is 0.644 bits per heavy atom. The van der Waals surface area contributed by atoms with Crippen molar-refractivity contribution in [3.8, 4) is 34.3 Å². The summed E-state index contributed by atoms with van der Waals surface area (Å²) in [5, 5.41) is 3.70. The molecule has 0 bridgehead atoms. The van der Waals surface area contributed by atoms with Crippen LogP contribution in [0.5, 0.6) is 0 Å². The van der Waals surface area contributed by atoms with Gasteiger partial charge >= 0.3 is 0 Å². The molecule has 0 aliphatic heterocycles. The summed E-state index contributed by atoms with van der Waals surface area (Å²) in [6.45, 7) is 12.6. The molecule has 0 fully saturated rings. The highest BCUT2D eigenvalue weighted by atomic mass is 15.2. The van der Waals surface area contributed by atoms with E-state index in [4.69, 9.17) is 9.97 Å². The number of allylic oxidation sites excluding steroid dienone is 7. The van der Waals surface area contributed by atoms with Gasteiger partial charge in [-0.1, -0.05) is 141 Å². The molecular weight excluding hydrogens is 719 g/mol. The van der Waals surface area contributed by atoms with Gasteiger partial charge in [0.2, 0.25) is 5.95 Å². The van der Waals surface area contributed by atoms with E-state index >= 15 is 0 Å². The van der Waals surface area contributed by atoms with Gasteiger partial charge in [0.05, 0.1) is 39.3 Å². The van der Waals surface area contributed by atoms with Crippen molar-refractivity contribution in [2.75, 3.05) is 0 Å². The number of hydrogen-bond acceptors (Lipinski definition) is 2. The molecule has 0 radical (unpaired) electrons. The summed E-state index contributed by atoms with van der Waals surface area (Å²) in [5.41, 5.74) is 16.4. The Kier molecular flexibility index (Phi) is 8.99. The first-order valence-electron chi connectivity index (χ1n) is 20.2. The van der Waals surface area contributed by atoms with E-state index in [0.29, 0.717) is 5.95 Å². The van der Waals surface area contributed by atoms with E-state index in [1.165, 1.54) is 44.1 Å². The molecule has 59 heavy (non-hydrogen) atoms. The van der Waals surface area contributed by atoms with Gasteiger partial charge < -0.3 is 9.13 Å². The third-order valence-corrected chi connectivity index (χ3v) is 11.7. The minimum Gasteiger partial charge on any atom is -0.310 e. The van der Waals surface area contributed by atoms with Crippen LogP contribution in [0.15, 0.2) is 183 Å². The van der Waals surface area contributed by atoms with Crippen LogP contribution in [0.2, 0.25) is 0 Å². The zero-order valence-corrected chi connectivity index (χ0v) is 33.3. The monoisotopic (exact) mass is 761 g/mol. The molecule has 1 aliphatic carbocycles. The van der Waals surface area contributed by atoms with Gasteiger partial charge in [0.25, 0.3) is 0 Å². The van der Waals surface area contributed by atoms with Gasteiger partial charge in [0.1, 0.15) is 0 Å². The minimum atomic E-state index is 0.614. The number of aryl methyl sites for hydroxylation is 3. The lowest BCUT2D eigenvalue weighted by atomic mass is 9.92. The van der Waals surface area contributed by atoms with Crippen LogP contribution in [0.3, 0.4) is 0 Å². The lowest BCUT2D eigenvalue weighted by Gasteiger charge is -2.21. The van der Waals surface area contributed by atoms with Gasteiger partial charge in [-0.25, -0.2) is 9.97 Å². The van der Waals surface area contributed by atoms with E-state index in [2.05, 4.69) is 192 Å². The Morgan fingerprint density at radius 3 is 1.86 bits per heavy atom. The highest BCUT2D eigenvalue weighted by Gasteiger charge is 2.32. The fraction of sp³-hybridized carbons (Fsp3) is 0.0741. The van der Waals surface area contributed by atoms with E-state index in [-0.39, 0.29) is 0 Å². The number of hydrogen-bond donors (Lipinski definition) is 0. The maximum absolute atomic E-state index is 5.52. The Morgan fingerprint density at radius 2 is 1.22 bits per heavy atom. The lowest BCUT2D eigenvalue weighted by Crippen LogP contribution is -2.12. The summed E-state index contributed by atoms with van der Waals surface area (Å²) in [4.78, 5) is 11.0. The molecule has 1 aliphatic rings. The van der Waals surface area contributed by atoms with Crippen LogP contribution in [0.25, 0.3) is 84.3 Å². The van der Waals surface area contributed by atoms with Gasteiger partial charge in [-0.2, -0.15) is 0 Å². The second-order valence-corrected chi connectivity index (χ2v) is 15.0. The molecule has 0 spiro atoms. The number of fused-ring (bicyclic) bond motifs is 8. The summed E-state index contributed by atoms with van der Waals surface area (Å²) in [7, 11) is 0. The zero-order valence-electron chi connectivity index (χ0n) is 33.3. The van der Waals surface area contributed by atoms with Crippen LogP contribution in [0, 0.1) is 6.92 Å². The maximum atomic E-state index is 5.52. The number of rotatable bonds is 9. The first-order chi connectivity index (χ1) is 29.1. The first-order valence-corrected chi connectivity index (χ1v) is 20.2. The van der Waals surface area contributed by atoms with Crippen LogP contribution in [0.1, 0.15) is 35.0 Å². The van der Waals surface area contributed by atoms with Crippen molar-refractivity contribution in [2.24, 2.45) is 0 Å². The van der Waals surface area contributed by atoms with E-state index in [0.717, 1.165) is 69.2 Å². The van der Waals surface area contributed by atoms with Crippen molar-refractivity contribution in [3.63, 3.8) is 0 Å². The third kappa shape index (κ3) is 5.85. The predicted molar refractivity (Wildman–Crippen MR) is 248 cm³/mol. The van der Waals surface area contributed by atoms with Gasteiger partial charge in [-0.3, -0.25) is 4.57 Å². The van der Waals surface area contributed by atoms with Crippen LogP contribution >= 0.6 is 0 Å². The van der Waals surface area contributed by atoms with Crippen molar-refractivity contribution in [1.82, 2.24) is 23.7 Å². The number of aromatic nitrogens is 5. The fourth-order valence-electron chi connectivity index (χ4n) is 9.09. The van der Waals surface area contributed by atoms with Gasteiger partial charge in [0.15, 0.2) is 0 Å². The van der Waals surface area contributed by atoms with Gasteiger partial charge in [0, 0.05) is 44.4 Å². The lowest BCUT2D eigenvalue weighted by molar-refractivity contribution is 0.896. The quantitative estimate of drug-likeness (QED) is 0.137. The van der Waals surface area contributed by atoms with Crippen LogP contribution in [0.4, 0.5) is 0 Å². The van der Waals surface area contributed by atoms with Crippen LogP contribution < -0.4 is 0 Å². The van der Waals surface area contributed by atoms with Crippen molar-refractivity contribution in [3.05, 3.63) is 211 Å². The molecular formula is C54H43N5. The number of nitrogens with zero attached hydrogens (tertiary/aromatic N) is 5. The summed E-state index contributed by atoms with van der Waals surface area (Å²) in [6.07, 6.45) is 14.1. The van der Waals surface area contributed by atoms with Crippen molar-refractivity contribution >= 4 is 50.1 Å². The molecule has 5 aromatic carbocycles. The second-order valence-electron chi connectivity index (χ2n) is 15.0. The topological polar surface area (TPSA) is 40.6 Å². The Hall–Kier alpha value is -7.50. The molecule has 0 amide bonds. The number of benzene rings is 5. The molecule has 284 valence electrons. The molecule has 0 saturated carbocycles. The highest BCUT2D eigenvalue weighted by Crippen LogP contribution is 2.46. The van der Waals surface area contributed by atoms with Crippen LogP contribution in [-0.4, -0.2) is 23.7 Å². The average Bonchev–Trinajstić information content (AvgIpc) is 3.92. The summed E-state index contributed by atoms with van der Waals surface area (Å²) >= 11 is 0. The summed E-state index contributed by atoms with van der Waals surface area (Å²) in [6, 6.07) is 49.3.